The molecule has 1 unspecified atom stereocenters. The zero-order chi connectivity index (χ0) is 14.0. The monoisotopic (exact) mass is 302 g/mol. The first-order valence-corrected chi connectivity index (χ1v) is 8.49. The maximum Gasteiger partial charge on any atom is 0.306 e. The van der Waals surface area contributed by atoms with E-state index in [9.17, 15) is 13.2 Å². The summed E-state index contributed by atoms with van der Waals surface area (Å²) < 4.78 is 28.0. The van der Waals surface area contributed by atoms with Crippen molar-refractivity contribution in [3.8, 4) is 0 Å². The number of esters is 1. The smallest absolute Gasteiger partial charge is 0.306 e. The molecule has 2 rings (SSSR count). The molecule has 0 amide bonds. The van der Waals surface area contributed by atoms with Crippen LogP contribution < -0.4 is 0 Å². The Morgan fingerprint density at radius 2 is 2.21 bits per heavy atom. The van der Waals surface area contributed by atoms with Gasteiger partial charge < -0.3 is 4.74 Å². The SMILES string of the molecule is CCCC(=O)OC1CCc2ccc(S(=O)(=O)Cl)cc21. The van der Waals surface area contributed by atoms with Crippen molar-refractivity contribution in [2.45, 2.75) is 43.6 Å². The van der Waals surface area contributed by atoms with Crippen molar-refractivity contribution in [2.75, 3.05) is 0 Å². The average Bonchev–Trinajstić information content (AvgIpc) is 2.71. The molecule has 1 atom stereocenters. The normalized spacial score (nSPS) is 18.1. The molecule has 19 heavy (non-hydrogen) atoms. The predicted molar refractivity (Wildman–Crippen MR) is 71.5 cm³/mol. The number of hydrogen-bond donors (Lipinski definition) is 0. The molecule has 0 fully saturated rings. The molecule has 1 aromatic carbocycles. The van der Waals surface area contributed by atoms with E-state index >= 15 is 0 Å². The minimum Gasteiger partial charge on any atom is -0.457 e. The molecule has 0 spiro atoms. The zero-order valence-electron chi connectivity index (χ0n) is 10.6. The number of hydrogen-bond acceptors (Lipinski definition) is 4. The lowest BCUT2D eigenvalue weighted by Gasteiger charge is -2.13. The number of rotatable bonds is 4. The Hall–Kier alpha value is -1.07. The summed E-state index contributed by atoms with van der Waals surface area (Å²) in [4.78, 5) is 11.6. The van der Waals surface area contributed by atoms with Gasteiger partial charge in [0.2, 0.25) is 0 Å². The minimum absolute atomic E-state index is 0.0476. The predicted octanol–water partition coefficient (Wildman–Crippen LogP) is 2.94. The molecule has 4 nitrogen and oxygen atoms in total. The highest BCUT2D eigenvalue weighted by atomic mass is 35.7. The highest BCUT2D eigenvalue weighted by Crippen LogP contribution is 2.36. The molecule has 1 aromatic rings. The van der Waals surface area contributed by atoms with Gasteiger partial charge in [-0.15, -0.1) is 0 Å². The zero-order valence-corrected chi connectivity index (χ0v) is 12.1. The molecule has 0 N–H and O–H groups in total. The van der Waals surface area contributed by atoms with Gasteiger partial charge in [0.15, 0.2) is 0 Å². The second-order valence-corrected chi connectivity index (χ2v) is 7.13. The minimum atomic E-state index is -3.75. The van der Waals surface area contributed by atoms with E-state index in [1.807, 2.05) is 6.92 Å². The van der Waals surface area contributed by atoms with Crippen LogP contribution in [0.1, 0.15) is 43.4 Å². The number of halogens is 1. The van der Waals surface area contributed by atoms with Gasteiger partial charge in [-0.25, -0.2) is 8.42 Å². The van der Waals surface area contributed by atoms with Crippen molar-refractivity contribution in [2.24, 2.45) is 0 Å². The van der Waals surface area contributed by atoms with Crippen LogP contribution in [0.4, 0.5) is 0 Å². The molecule has 0 saturated heterocycles. The highest BCUT2D eigenvalue weighted by Gasteiger charge is 2.27. The van der Waals surface area contributed by atoms with E-state index < -0.39 is 9.05 Å². The standard InChI is InChI=1S/C13H15ClO4S/c1-2-3-13(15)18-12-7-5-9-4-6-10(8-11(9)12)19(14,16)17/h4,6,8,12H,2-3,5,7H2,1H3. The average molecular weight is 303 g/mol. The first-order valence-electron chi connectivity index (χ1n) is 6.18. The third-order valence-corrected chi connectivity index (χ3v) is 4.50. The molecule has 1 aliphatic carbocycles. The number of aryl methyl sites for hydroxylation is 1. The van der Waals surface area contributed by atoms with E-state index in [1.165, 1.54) is 12.1 Å². The summed E-state index contributed by atoms with van der Waals surface area (Å²) in [5.74, 6) is -0.250. The Bertz CT molecular complexity index is 595. The van der Waals surface area contributed by atoms with Gasteiger partial charge in [-0.2, -0.15) is 0 Å². The fourth-order valence-electron chi connectivity index (χ4n) is 2.24. The van der Waals surface area contributed by atoms with E-state index in [2.05, 4.69) is 0 Å². The van der Waals surface area contributed by atoms with Crippen LogP contribution >= 0.6 is 10.7 Å². The Morgan fingerprint density at radius 1 is 1.47 bits per heavy atom. The van der Waals surface area contributed by atoms with Crippen LogP contribution in [0.2, 0.25) is 0 Å². The third-order valence-electron chi connectivity index (χ3n) is 3.15. The molecule has 6 heteroatoms. The van der Waals surface area contributed by atoms with Crippen LogP contribution in [0, 0.1) is 0 Å². The van der Waals surface area contributed by atoms with Crippen molar-refractivity contribution in [1.82, 2.24) is 0 Å². The van der Waals surface area contributed by atoms with Crippen LogP contribution in [-0.2, 0) is 25.0 Å². The van der Waals surface area contributed by atoms with Gasteiger partial charge in [0.1, 0.15) is 6.10 Å². The van der Waals surface area contributed by atoms with Gasteiger partial charge >= 0.3 is 5.97 Å². The van der Waals surface area contributed by atoms with Gasteiger partial charge in [0.05, 0.1) is 4.90 Å². The van der Waals surface area contributed by atoms with Crippen molar-refractivity contribution in [3.05, 3.63) is 29.3 Å². The number of carbonyl (C=O) groups is 1. The van der Waals surface area contributed by atoms with E-state index in [4.69, 9.17) is 15.4 Å². The topological polar surface area (TPSA) is 60.4 Å². The lowest BCUT2D eigenvalue weighted by atomic mass is 10.1. The molecule has 0 bridgehead atoms. The van der Waals surface area contributed by atoms with Crippen LogP contribution in [0.15, 0.2) is 23.1 Å². The van der Waals surface area contributed by atoms with E-state index in [1.54, 1.807) is 6.07 Å². The van der Waals surface area contributed by atoms with Gasteiger partial charge in [0, 0.05) is 17.1 Å². The second-order valence-electron chi connectivity index (χ2n) is 4.57. The van der Waals surface area contributed by atoms with Gasteiger partial charge in [0.25, 0.3) is 9.05 Å². The van der Waals surface area contributed by atoms with E-state index in [0.29, 0.717) is 12.8 Å². The van der Waals surface area contributed by atoms with Crippen LogP contribution in [0.25, 0.3) is 0 Å². The first kappa shape index (κ1) is 14.3. The third kappa shape index (κ3) is 3.28. The molecule has 0 aromatic heterocycles. The molecular formula is C13H15ClO4S. The van der Waals surface area contributed by atoms with Crippen molar-refractivity contribution < 1.29 is 17.9 Å². The lowest BCUT2D eigenvalue weighted by molar-refractivity contribution is -0.149. The van der Waals surface area contributed by atoms with Gasteiger partial charge in [-0.3, -0.25) is 4.79 Å². The fraction of sp³-hybridized carbons (Fsp3) is 0.462. The summed E-state index contributed by atoms with van der Waals surface area (Å²) in [5, 5.41) is 0. The number of ether oxygens (including phenoxy) is 1. The fourth-order valence-corrected chi connectivity index (χ4v) is 3.02. The van der Waals surface area contributed by atoms with E-state index in [0.717, 1.165) is 24.0 Å². The Labute approximate surface area is 117 Å². The van der Waals surface area contributed by atoms with Crippen LogP contribution in [-0.4, -0.2) is 14.4 Å². The van der Waals surface area contributed by atoms with Crippen molar-refractivity contribution in [1.29, 1.82) is 0 Å². The maximum absolute atomic E-state index is 11.5. The summed E-state index contributed by atoms with van der Waals surface area (Å²) in [6.07, 6.45) is 2.22. The Morgan fingerprint density at radius 3 is 2.84 bits per heavy atom. The number of carbonyl (C=O) groups excluding carboxylic acids is 1. The molecule has 0 radical (unpaired) electrons. The first-order chi connectivity index (χ1) is 8.91. The van der Waals surface area contributed by atoms with Crippen molar-refractivity contribution in [3.63, 3.8) is 0 Å². The molecule has 0 saturated carbocycles. The summed E-state index contributed by atoms with van der Waals surface area (Å²) in [6, 6.07) is 4.73. The molecular weight excluding hydrogens is 288 g/mol. The summed E-state index contributed by atoms with van der Waals surface area (Å²) in [6.45, 7) is 1.90. The lowest BCUT2D eigenvalue weighted by Crippen LogP contribution is -2.09. The van der Waals surface area contributed by atoms with Gasteiger partial charge in [-0.05, 0) is 42.5 Å². The Balaban J connectivity index is 2.25. The van der Waals surface area contributed by atoms with E-state index in [-0.39, 0.29) is 17.0 Å². The molecule has 1 aliphatic rings. The molecule has 104 valence electrons. The summed E-state index contributed by atoms with van der Waals surface area (Å²) in [5.41, 5.74) is 1.77. The van der Waals surface area contributed by atoms with Gasteiger partial charge in [-0.1, -0.05) is 13.0 Å². The quantitative estimate of drug-likeness (QED) is 0.634. The molecule has 0 heterocycles. The number of fused-ring (bicyclic) bond motifs is 1. The Kier molecular flexibility index (Phi) is 4.16. The second kappa shape index (κ2) is 5.51. The van der Waals surface area contributed by atoms with Crippen molar-refractivity contribution >= 4 is 25.7 Å². The summed E-state index contributed by atoms with van der Waals surface area (Å²) in [7, 11) is 1.57. The maximum atomic E-state index is 11.5. The summed E-state index contributed by atoms with van der Waals surface area (Å²) >= 11 is 0. The highest BCUT2D eigenvalue weighted by molar-refractivity contribution is 8.13. The number of benzene rings is 1. The van der Waals surface area contributed by atoms with Crippen LogP contribution in [0.5, 0.6) is 0 Å². The molecule has 0 aliphatic heterocycles. The van der Waals surface area contributed by atoms with Crippen LogP contribution in [0.3, 0.4) is 0 Å². The largest absolute Gasteiger partial charge is 0.457 e.